The molecule has 94 valence electrons. The van der Waals surface area contributed by atoms with Crippen molar-refractivity contribution < 1.29 is 9.50 Å². The molecule has 0 aliphatic carbocycles. The first kappa shape index (κ1) is 11.9. The number of halogens is 2. The third kappa shape index (κ3) is 2.13. The quantitative estimate of drug-likeness (QED) is 0.713. The summed E-state index contributed by atoms with van der Waals surface area (Å²) in [6.07, 6.45) is 0. The van der Waals surface area contributed by atoms with Crippen LogP contribution in [0.3, 0.4) is 0 Å². The average molecular weight is 274 g/mol. The number of hydrogen-bond acceptors (Lipinski definition) is 2. The second-order valence-corrected chi connectivity index (χ2v) is 4.61. The predicted octanol–water partition coefficient (Wildman–Crippen LogP) is 4.40. The molecule has 3 rings (SSSR count). The van der Waals surface area contributed by atoms with Gasteiger partial charge >= 0.3 is 0 Å². The summed E-state index contributed by atoms with van der Waals surface area (Å²) in [5.74, 6) is -0.539. The standard InChI is InChI=1S/C15H9ClFNO/c16-10-5-6-12(17)11(8-10)15-14(19)7-9-3-1-2-4-13(9)18-15/h1-8,19H. The molecule has 2 aromatic carbocycles. The Kier molecular flexibility index (Phi) is 2.84. The van der Waals surface area contributed by atoms with Gasteiger partial charge in [-0.05, 0) is 30.3 Å². The third-order valence-electron chi connectivity index (χ3n) is 2.89. The average Bonchev–Trinajstić information content (AvgIpc) is 2.41. The van der Waals surface area contributed by atoms with E-state index in [1.54, 1.807) is 12.1 Å². The van der Waals surface area contributed by atoms with E-state index in [9.17, 15) is 9.50 Å². The summed E-state index contributed by atoms with van der Waals surface area (Å²) in [5.41, 5.74) is 1.07. The lowest BCUT2D eigenvalue weighted by molar-refractivity contribution is 0.475. The largest absolute Gasteiger partial charge is 0.506 e. The first-order valence-corrected chi connectivity index (χ1v) is 6.07. The second-order valence-electron chi connectivity index (χ2n) is 4.17. The van der Waals surface area contributed by atoms with E-state index in [4.69, 9.17) is 11.6 Å². The number of aromatic nitrogens is 1. The van der Waals surface area contributed by atoms with Gasteiger partial charge in [-0.3, -0.25) is 0 Å². The fraction of sp³-hybridized carbons (Fsp3) is 0. The third-order valence-corrected chi connectivity index (χ3v) is 3.12. The molecule has 1 aromatic heterocycles. The molecule has 0 saturated heterocycles. The van der Waals surface area contributed by atoms with Crippen LogP contribution in [-0.2, 0) is 0 Å². The predicted molar refractivity (Wildman–Crippen MR) is 73.8 cm³/mol. The Morgan fingerprint density at radius 1 is 1.05 bits per heavy atom. The van der Waals surface area contributed by atoms with Crippen molar-refractivity contribution in [3.63, 3.8) is 0 Å². The van der Waals surface area contributed by atoms with Crippen LogP contribution in [0.25, 0.3) is 22.2 Å². The molecule has 0 aliphatic heterocycles. The minimum atomic E-state index is -0.470. The van der Waals surface area contributed by atoms with Crippen LogP contribution in [0, 0.1) is 5.82 Å². The summed E-state index contributed by atoms with van der Waals surface area (Å²) >= 11 is 5.86. The van der Waals surface area contributed by atoms with Crippen molar-refractivity contribution in [2.75, 3.05) is 0 Å². The number of pyridine rings is 1. The number of benzene rings is 2. The highest BCUT2D eigenvalue weighted by atomic mass is 35.5. The second kappa shape index (κ2) is 4.52. The highest BCUT2D eigenvalue weighted by Gasteiger charge is 2.13. The van der Waals surface area contributed by atoms with Crippen molar-refractivity contribution in [1.82, 2.24) is 4.98 Å². The minimum absolute atomic E-state index is 0.0696. The van der Waals surface area contributed by atoms with Crippen molar-refractivity contribution >= 4 is 22.5 Å². The van der Waals surface area contributed by atoms with Crippen LogP contribution < -0.4 is 0 Å². The van der Waals surface area contributed by atoms with Crippen LogP contribution in [0.15, 0.2) is 48.5 Å². The van der Waals surface area contributed by atoms with E-state index in [2.05, 4.69) is 4.98 Å². The molecule has 0 spiro atoms. The van der Waals surface area contributed by atoms with Gasteiger partial charge in [-0.1, -0.05) is 29.8 Å². The van der Waals surface area contributed by atoms with Gasteiger partial charge in [0.25, 0.3) is 0 Å². The van der Waals surface area contributed by atoms with E-state index >= 15 is 0 Å². The monoisotopic (exact) mass is 273 g/mol. The van der Waals surface area contributed by atoms with Gasteiger partial charge in [0.1, 0.15) is 17.3 Å². The maximum absolute atomic E-state index is 13.8. The molecule has 0 atom stereocenters. The van der Waals surface area contributed by atoms with Crippen LogP contribution in [-0.4, -0.2) is 10.1 Å². The van der Waals surface area contributed by atoms with Gasteiger partial charge in [-0.25, -0.2) is 9.37 Å². The molecule has 4 heteroatoms. The molecule has 19 heavy (non-hydrogen) atoms. The van der Waals surface area contributed by atoms with Gasteiger partial charge in [0.05, 0.1) is 5.52 Å². The Balaban J connectivity index is 2.30. The summed E-state index contributed by atoms with van der Waals surface area (Å²) in [7, 11) is 0. The number of para-hydroxylation sites is 1. The maximum atomic E-state index is 13.8. The van der Waals surface area contributed by atoms with Crippen molar-refractivity contribution in [3.8, 4) is 17.0 Å². The molecule has 1 heterocycles. The Hall–Kier alpha value is -2.13. The zero-order chi connectivity index (χ0) is 13.4. The first-order chi connectivity index (χ1) is 9.15. The normalized spacial score (nSPS) is 10.8. The Morgan fingerprint density at radius 2 is 1.84 bits per heavy atom. The lowest BCUT2D eigenvalue weighted by Gasteiger charge is -2.07. The summed E-state index contributed by atoms with van der Waals surface area (Å²) < 4.78 is 13.8. The van der Waals surface area contributed by atoms with Crippen LogP contribution in [0.5, 0.6) is 5.75 Å². The van der Waals surface area contributed by atoms with E-state index in [0.29, 0.717) is 10.5 Å². The van der Waals surface area contributed by atoms with E-state index in [1.165, 1.54) is 18.2 Å². The van der Waals surface area contributed by atoms with Crippen LogP contribution in [0.2, 0.25) is 5.02 Å². The highest BCUT2D eigenvalue weighted by Crippen LogP contribution is 2.33. The lowest BCUT2D eigenvalue weighted by Crippen LogP contribution is -1.90. The van der Waals surface area contributed by atoms with Gasteiger partial charge in [-0.2, -0.15) is 0 Å². The summed E-state index contributed by atoms with van der Waals surface area (Å²) in [5, 5.41) is 11.2. The molecule has 0 amide bonds. The number of nitrogens with zero attached hydrogens (tertiary/aromatic N) is 1. The number of hydrogen-bond donors (Lipinski definition) is 1. The topological polar surface area (TPSA) is 33.1 Å². The van der Waals surface area contributed by atoms with Gasteiger partial charge in [-0.15, -0.1) is 0 Å². The Morgan fingerprint density at radius 3 is 2.68 bits per heavy atom. The fourth-order valence-electron chi connectivity index (χ4n) is 1.98. The van der Waals surface area contributed by atoms with E-state index < -0.39 is 5.82 Å². The number of fused-ring (bicyclic) bond motifs is 1. The molecule has 0 unspecified atom stereocenters. The summed E-state index contributed by atoms with van der Waals surface area (Å²) in [6, 6.07) is 13.1. The zero-order valence-electron chi connectivity index (χ0n) is 9.77. The van der Waals surface area contributed by atoms with Crippen molar-refractivity contribution in [2.45, 2.75) is 0 Å². The first-order valence-electron chi connectivity index (χ1n) is 5.69. The highest BCUT2D eigenvalue weighted by molar-refractivity contribution is 6.30. The molecule has 0 bridgehead atoms. The number of aromatic hydroxyl groups is 1. The molecule has 0 aliphatic rings. The van der Waals surface area contributed by atoms with E-state index in [0.717, 1.165) is 5.39 Å². The van der Waals surface area contributed by atoms with Crippen molar-refractivity contribution in [2.24, 2.45) is 0 Å². The van der Waals surface area contributed by atoms with Crippen LogP contribution in [0.4, 0.5) is 4.39 Å². The van der Waals surface area contributed by atoms with Crippen LogP contribution in [0.1, 0.15) is 0 Å². The zero-order valence-corrected chi connectivity index (χ0v) is 10.5. The molecule has 3 aromatic rings. The summed E-state index contributed by atoms with van der Waals surface area (Å²) in [4.78, 5) is 4.30. The van der Waals surface area contributed by atoms with Crippen molar-refractivity contribution in [1.29, 1.82) is 0 Å². The van der Waals surface area contributed by atoms with Gasteiger partial charge in [0, 0.05) is 16.0 Å². The van der Waals surface area contributed by atoms with Crippen LogP contribution >= 0.6 is 11.6 Å². The fourth-order valence-corrected chi connectivity index (χ4v) is 2.15. The van der Waals surface area contributed by atoms with E-state index in [1.807, 2.05) is 18.2 Å². The SMILES string of the molecule is Oc1cc2ccccc2nc1-c1cc(Cl)ccc1F. The van der Waals surface area contributed by atoms with Gasteiger partial charge < -0.3 is 5.11 Å². The van der Waals surface area contributed by atoms with E-state index in [-0.39, 0.29) is 17.0 Å². The van der Waals surface area contributed by atoms with Crippen molar-refractivity contribution in [3.05, 3.63) is 59.4 Å². The Labute approximate surface area is 114 Å². The molecule has 0 radical (unpaired) electrons. The molecule has 1 N–H and O–H groups in total. The molecule has 0 fully saturated rings. The summed E-state index contributed by atoms with van der Waals surface area (Å²) in [6.45, 7) is 0. The lowest BCUT2D eigenvalue weighted by atomic mass is 10.1. The molecule has 0 saturated carbocycles. The Bertz CT molecular complexity index is 773. The molecule has 2 nitrogen and oxygen atoms in total. The molecular weight excluding hydrogens is 265 g/mol. The maximum Gasteiger partial charge on any atom is 0.142 e. The van der Waals surface area contributed by atoms with Gasteiger partial charge in [0.15, 0.2) is 0 Å². The molecular formula is C15H9ClFNO. The van der Waals surface area contributed by atoms with Gasteiger partial charge in [0.2, 0.25) is 0 Å². The smallest absolute Gasteiger partial charge is 0.142 e. The minimum Gasteiger partial charge on any atom is -0.506 e. The number of rotatable bonds is 1.